The highest BCUT2D eigenvalue weighted by Crippen LogP contribution is 2.18. The van der Waals surface area contributed by atoms with E-state index in [1.165, 1.54) is 5.56 Å². The lowest BCUT2D eigenvalue weighted by molar-refractivity contribution is 0.0949. The molecule has 0 bridgehead atoms. The quantitative estimate of drug-likeness (QED) is 0.387. The van der Waals surface area contributed by atoms with E-state index in [1.807, 2.05) is 60.7 Å². The number of fused-ring (bicyclic) bond motifs is 1. The summed E-state index contributed by atoms with van der Waals surface area (Å²) in [6.07, 6.45) is 1.90. The number of carbonyl (C=O) groups excluding carboxylic acids is 1. The second-order valence-corrected chi connectivity index (χ2v) is 7.59. The maximum absolute atomic E-state index is 12.4. The third-order valence-electron chi connectivity index (χ3n) is 5.24. The highest BCUT2D eigenvalue weighted by Gasteiger charge is 2.12. The zero-order chi connectivity index (χ0) is 21.5. The Hall–Kier alpha value is -3.60. The smallest absolute Gasteiger partial charge is 0.251 e. The number of nitrogens with zero attached hydrogens (tertiary/aromatic N) is 2. The summed E-state index contributed by atoms with van der Waals surface area (Å²) in [5.41, 5.74) is 3.91. The minimum absolute atomic E-state index is 0.0919. The summed E-state index contributed by atoms with van der Waals surface area (Å²) in [4.78, 5) is 17.2. The number of nitrogens with one attached hydrogen (secondary N) is 1. The van der Waals surface area contributed by atoms with Gasteiger partial charge in [0.05, 0.1) is 24.2 Å². The van der Waals surface area contributed by atoms with Gasteiger partial charge in [-0.15, -0.1) is 0 Å². The lowest BCUT2D eigenvalue weighted by Crippen LogP contribution is -2.24. The maximum Gasteiger partial charge on any atom is 0.251 e. The van der Waals surface area contributed by atoms with Gasteiger partial charge in [0, 0.05) is 12.1 Å². The number of imidazole rings is 1. The summed E-state index contributed by atoms with van der Waals surface area (Å²) in [6.45, 7) is 3.96. The van der Waals surface area contributed by atoms with Gasteiger partial charge >= 0.3 is 0 Å². The molecule has 0 saturated heterocycles. The molecule has 1 aromatic heterocycles. The molecule has 0 unspecified atom stereocenters. The van der Waals surface area contributed by atoms with E-state index in [0.717, 1.165) is 42.0 Å². The molecule has 0 fully saturated rings. The number of para-hydroxylation sites is 2. The van der Waals surface area contributed by atoms with E-state index in [0.29, 0.717) is 18.7 Å². The van der Waals surface area contributed by atoms with Crippen LogP contribution in [0.4, 0.5) is 0 Å². The van der Waals surface area contributed by atoms with Crippen molar-refractivity contribution < 1.29 is 9.53 Å². The third-order valence-corrected chi connectivity index (χ3v) is 5.24. The van der Waals surface area contributed by atoms with Crippen LogP contribution in [-0.4, -0.2) is 22.1 Å². The Bertz CT molecular complexity index is 1130. The Morgan fingerprint density at radius 1 is 0.935 bits per heavy atom. The Morgan fingerprint density at radius 2 is 1.68 bits per heavy atom. The summed E-state index contributed by atoms with van der Waals surface area (Å²) in [5.74, 6) is 1.68. The number of aryl methyl sites for hydroxylation is 2. The van der Waals surface area contributed by atoms with Gasteiger partial charge in [-0.25, -0.2) is 4.98 Å². The fourth-order valence-corrected chi connectivity index (χ4v) is 3.56. The largest absolute Gasteiger partial charge is 0.494 e. The fraction of sp³-hybridized carbons (Fsp3) is 0.231. The number of benzene rings is 3. The number of unbranched alkanes of at least 4 members (excludes halogenated alkanes) is 1. The van der Waals surface area contributed by atoms with Crippen LogP contribution in [0.2, 0.25) is 0 Å². The topological polar surface area (TPSA) is 56.1 Å². The van der Waals surface area contributed by atoms with Crippen molar-refractivity contribution in [3.63, 3.8) is 0 Å². The minimum atomic E-state index is -0.0919. The van der Waals surface area contributed by atoms with Crippen molar-refractivity contribution in [2.24, 2.45) is 0 Å². The molecule has 3 aromatic carbocycles. The van der Waals surface area contributed by atoms with Crippen LogP contribution >= 0.6 is 0 Å². The number of rotatable bonds is 9. The van der Waals surface area contributed by atoms with Gasteiger partial charge in [-0.05, 0) is 56.2 Å². The van der Waals surface area contributed by atoms with Gasteiger partial charge in [0.25, 0.3) is 5.91 Å². The summed E-state index contributed by atoms with van der Waals surface area (Å²) in [6, 6.07) is 25.5. The number of hydrogen-bond donors (Lipinski definition) is 1. The van der Waals surface area contributed by atoms with E-state index >= 15 is 0 Å². The molecule has 0 atom stereocenters. The molecule has 4 aromatic rings. The van der Waals surface area contributed by atoms with Crippen molar-refractivity contribution in [2.75, 3.05) is 6.61 Å². The minimum Gasteiger partial charge on any atom is -0.494 e. The first-order valence-electron chi connectivity index (χ1n) is 10.7. The molecule has 5 nitrogen and oxygen atoms in total. The summed E-state index contributed by atoms with van der Waals surface area (Å²) < 4.78 is 8.05. The lowest BCUT2D eigenvalue weighted by atomic mass is 10.2. The number of aromatic nitrogens is 2. The second-order valence-electron chi connectivity index (χ2n) is 7.59. The highest BCUT2D eigenvalue weighted by molar-refractivity contribution is 5.94. The van der Waals surface area contributed by atoms with Crippen LogP contribution in [0.15, 0.2) is 78.9 Å². The zero-order valence-electron chi connectivity index (χ0n) is 17.8. The molecular formula is C26H27N3O2. The summed E-state index contributed by atoms with van der Waals surface area (Å²) in [7, 11) is 0. The molecule has 5 heteroatoms. The van der Waals surface area contributed by atoms with Crippen LogP contribution in [0.3, 0.4) is 0 Å². The van der Waals surface area contributed by atoms with Crippen molar-refractivity contribution in [1.29, 1.82) is 0 Å². The second kappa shape index (κ2) is 9.94. The van der Waals surface area contributed by atoms with Crippen molar-refractivity contribution in [1.82, 2.24) is 14.9 Å². The van der Waals surface area contributed by atoms with Gasteiger partial charge in [-0.3, -0.25) is 4.79 Å². The van der Waals surface area contributed by atoms with E-state index in [1.54, 1.807) is 0 Å². The van der Waals surface area contributed by atoms with Gasteiger partial charge in [-0.2, -0.15) is 0 Å². The molecule has 158 valence electrons. The molecule has 1 heterocycles. The molecule has 0 aliphatic rings. The van der Waals surface area contributed by atoms with Crippen molar-refractivity contribution in [3.05, 3.63) is 95.8 Å². The fourth-order valence-electron chi connectivity index (χ4n) is 3.56. The van der Waals surface area contributed by atoms with Gasteiger partial charge in [-0.1, -0.05) is 48.0 Å². The standard InChI is InChI=1S/C26H27N3O2/c1-20-13-15-22(16-14-20)31-18-8-7-17-29-24-12-6-5-11-23(24)28-25(29)19-27-26(30)21-9-3-2-4-10-21/h2-6,9-16H,7-8,17-19H2,1H3,(H,27,30). The predicted molar refractivity (Wildman–Crippen MR) is 123 cm³/mol. The molecule has 0 radical (unpaired) electrons. The van der Waals surface area contributed by atoms with Gasteiger partial charge in [0.15, 0.2) is 0 Å². The average molecular weight is 414 g/mol. The van der Waals surface area contributed by atoms with E-state index in [-0.39, 0.29) is 5.91 Å². The Morgan fingerprint density at radius 3 is 2.48 bits per heavy atom. The first kappa shape index (κ1) is 20.7. The average Bonchev–Trinajstić information content (AvgIpc) is 3.16. The van der Waals surface area contributed by atoms with Crippen LogP contribution in [0.5, 0.6) is 5.75 Å². The van der Waals surface area contributed by atoms with Gasteiger partial charge in [0.1, 0.15) is 11.6 Å². The lowest BCUT2D eigenvalue weighted by Gasteiger charge is -2.11. The van der Waals surface area contributed by atoms with E-state index < -0.39 is 0 Å². The summed E-state index contributed by atoms with van der Waals surface area (Å²) >= 11 is 0. The Kier molecular flexibility index (Phi) is 6.62. The Balaban J connectivity index is 1.37. The predicted octanol–water partition coefficient (Wildman–Crippen LogP) is 5.13. The van der Waals surface area contributed by atoms with Crippen LogP contribution in [0.25, 0.3) is 11.0 Å². The molecular weight excluding hydrogens is 386 g/mol. The van der Waals surface area contributed by atoms with E-state index in [4.69, 9.17) is 9.72 Å². The van der Waals surface area contributed by atoms with Crippen LogP contribution < -0.4 is 10.1 Å². The van der Waals surface area contributed by atoms with Crippen molar-refractivity contribution in [2.45, 2.75) is 32.9 Å². The molecule has 0 aliphatic heterocycles. The van der Waals surface area contributed by atoms with Crippen LogP contribution in [0, 0.1) is 6.92 Å². The van der Waals surface area contributed by atoms with Gasteiger partial charge in [0.2, 0.25) is 0 Å². The third kappa shape index (κ3) is 5.31. The number of ether oxygens (including phenoxy) is 1. The number of amides is 1. The van der Waals surface area contributed by atoms with E-state index in [9.17, 15) is 4.79 Å². The van der Waals surface area contributed by atoms with Crippen LogP contribution in [-0.2, 0) is 13.1 Å². The molecule has 4 rings (SSSR count). The first-order chi connectivity index (χ1) is 15.2. The number of hydrogen-bond acceptors (Lipinski definition) is 3. The monoisotopic (exact) mass is 413 g/mol. The van der Waals surface area contributed by atoms with Crippen LogP contribution in [0.1, 0.15) is 34.6 Å². The molecule has 31 heavy (non-hydrogen) atoms. The SMILES string of the molecule is Cc1ccc(OCCCCn2c(CNC(=O)c3ccccc3)nc3ccccc32)cc1. The normalized spacial score (nSPS) is 10.9. The summed E-state index contributed by atoms with van der Waals surface area (Å²) in [5, 5.41) is 3.00. The van der Waals surface area contributed by atoms with E-state index in [2.05, 4.69) is 35.0 Å². The van der Waals surface area contributed by atoms with Gasteiger partial charge < -0.3 is 14.6 Å². The molecule has 0 saturated carbocycles. The van der Waals surface area contributed by atoms with Crippen molar-refractivity contribution in [3.8, 4) is 5.75 Å². The molecule has 1 N–H and O–H groups in total. The molecule has 0 aliphatic carbocycles. The maximum atomic E-state index is 12.4. The first-order valence-corrected chi connectivity index (χ1v) is 10.7. The Labute approximate surface area is 182 Å². The van der Waals surface area contributed by atoms with Crippen molar-refractivity contribution >= 4 is 16.9 Å². The number of carbonyl (C=O) groups is 1. The zero-order valence-corrected chi connectivity index (χ0v) is 17.8. The molecule has 0 spiro atoms. The molecule has 1 amide bonds. The highest BCUT2D eigenvalue weighted by atomic mass is 16.5.